The monoisotopic (exact) mass is 352 g/mol. The zero-order valence-electron chi connectivity index (χ0n) is 10.7. The van der Waals surface area contributed by atoms with Gasteiger partial charge in [0.05, 0.1) is 22.9 Å². The van der Waals surface area contributed by atoms with Gasteiger partial charge in [-0.2, -0.15) is 5.10 Å². The van der Waals surface area contributed by atoms with Crippen molar-refractivity contribution in [1.29, 1.82) is 0 Å². The fraction of sp³-hybridized carbons (Fsp3) is 0.727. The molecule has 0 spiro atoms. The van der Waals surface area contributed by atoms with Gasteiger partial charge in [-0.1, -0.05) is 20.8 Å². The molecule has 1 aromatic rings. The van der Waals surface area contributed by atoms with E-state index in [-0.39, 0.29) is 5.04 Å². The van der Waals surface area contributed by atoms with Crippen LogP contribution in [0.25, 0.3) is 0 Å². The molecule has 0 radical (unpaired) electrons. The second kappa shape index (κ2) is 5.18. The highest BCUT2D eigenvalue weighted by Crippen LogP contribution is 2.36. The van der Waals surface area contributed by atoms with Crippen molar-refractivity contribution >= 4 is 30.9 Å². The van der Waals surface area contributed by atoms with E-state index in [1.54, 1.807) is 0 Å². The predicted molar refractivity (Wildman–Crippen MR) is 78.1 cm³/mol. The van der Waals surface area contributed by atoms with E-state index in [1.807, 2.05) is 17.1 Å². The van der Waals surface area contributed by atoms with Gasteiger partial charge in [0.2, 0.25) is 0 Å². The Labute approximate surface area is 113 Å². The third-order valence-corrected chi connectivity index (χ3v) is 8.29. The average Bonchev–Trinajstić information content (AvgIpc) is 2.49. The first-order valence-corrected chi connectivity index (χ1v) is 9.53. The lowest BCUT2D eigenvalue weighted by Gasteiger charge is -2.36. The maximum atomic E-state index is 6.08. The molecule has 0 amide bonds. The lowest BCUT2D eigenvalue weighted by atomic mass is 10.2. The van der Waals surface area contributed by atoms with Crippen LogP contribution in [0.1, 0.15) is 20.8 Å². The van der Waals surface area contributed by atoms with E-state index in [0.29, 0.717) is 0 Å². The van der Waals surface area contributed by atoms with Crippen molar-refractivity contribution in [1.82, 2.24) is 9.78 Å². The molecule has 0 aliphatic heterocycles. The first-order valence-electron chi connectivity index (χ1n) is 5.54. The predicted octanol–water partition coefficient (Wildman–Crippen LogP) is 3.51. The molecule has 5 heteroatoms. The molecule has 16 heavy (non-hydrogen) atoms. The highest BCUT2D eigenvalue weighted by atomic mass is 127. The van der Waals surface area contributed by atoms with Gasteiger partial charge in [-0.3, -0.25) is 4.68 Å². The summed E-state index contributed by atoms with van der Waals surface area (Å²) in [6.45, 7) is 12.9. The van der Waals surface area contributed by atoms with Crippen LogP contribution in [-0.2, 0) is 11.0 Å². The van der Waals surface area contributed by atoms with Crippen LogP contribution in [0.4, 0.5) is 0 Å². The highest BCUT2D eigenvalue weighted by molar-refractivity contribution is 14.1. The Morgan fingerprint density at radius 3 is 2.50 bits per heavy atom. The molecule has 92 valence electrons. The molecule has 1 rings (SSSR count). The van der Waals surface area contributed by atoms with E-state index in [2.05, 4.69) is 61.6 Å². The third-order valence-electron chi connectivity index (χ3n) is 3.19. The van der Waals surface area contributed by atoms with E-state index in [1.165, 1.54) is 3.57 Å². The molecule has 0 atom stereocenters. The molecule has 0 unspecified atom stereocenters. The Morgan fingerprint density at radius 1 is 1.44 bits per heavy atom. The van der Waals surface area contributed by atoms with Crippen molar-refractivity contribution in [3.8, 4) is 0 Å². The number of rotatable bonds is 4. The molecule has 1 aromatic heterocycles. The number of aromatic nitrogens is 2. The molecule has 0 aliphatic carbocycles. The Bertz CT molecular complexity index is 344. The summed E-state index contributed by atoms with van der Waals surface area (Å²) in [5, 5.41) is 4.53. The number of nitrogens with zero attached hydrogens (tertiary/aromatic N) is 2. The summed E-state index contributed by atoms with van der Waals surface area (Å²) >= 11 is 2.27. The zero-order valence-corrected chi connectivity index (χ0v) is 13.9. The van der Waals surface area contributed by atoms with E-state index in [4.69, 9.17) is 4.43 Å². The van der Waals surface area contributed by atoms with Gasteiger partial charge in [-0.05, 0) is 40.7 Å². The summed E-state index contributed by atoms with van der Waals surface area (Å²) in [6.07, 6.45) is 3.91. The number of halogens is 1. The Morgan fingerprint density at radius 2 is 2.06 bits per heavy atom. The molecular formula is C11H21IN2OSi. The molecule has 0 fully saturated rings. The molecular weight excluding hydrogens is 331 g/mol. The van der Waals surface area contributed by atoms with Gasteiger partial charge < -0.3 is 4.43 Å². The highest BCUT2D eigenvalue weighted by Gasteiger charge is 2.36. The van der Waals surface area contributed by atoms with Crippen molar-refractivity contribution in [3.05, 3.63) is 16.0 Å². The number of hydrogen-bond donors (Lipinski definition) is 0. The summed E-state index contributed by atoms with van der Waals surface area (Å²) < 4.78 is 9.19. The van der Waals surface area contributed by atoms with Crippen molar-refractivity contribution in [2.75, 3.05) is 6.61 Å². The van der Waals surface area contributed by atoms with E-state index in [0.717, 1.165) is 13.2 Å². The summed E-state index contributed by atoms with van der Waals surface area (Å²) in [7, 11) is -1.59. The van der Waals surface area contributed by atoms with Crippen molar-refractivity contribution in [3.63, 3.8) is 0 Å². The Hall–Kier alpha value is 0.117. The smallest absolute Gasteiger partial charge is 0.192 e. The quantitative estimate of drug-likeness (QED) is 0.613. The third kappa shape index (κ3) is 3.85. The maximum Gasteiger partial charge on any atom is 0.192 e. The van der Waals surface area contributed by atoms with E-state index in [9.17, 15) is 0 Å². The van der Waals surface area contributed by atoms with Gasteiger partial charge in [-0.25, -0.2) is 0 Å². The molecule has 0 aromatic carbocycles. The van der Waals surface area contributed by atoms with Crippen LogP contribution in [0.5, 0.6) is 0 Å². The lowest BCUT2D eigenvalue weighted by Crippen LogP contribution is -2.41. The van der Waals surface area contributed by atoms with Crippen LogP contribution in [0.2, 0.25) is 18.1 Å². The molecule has 3 nitrogen and oxygen atoms in total. The van der Waals surface area contributed by atoms with Crippen LogP contribution in [0.3, 0.4) is 0 Å². The van der Waals surface area contributed by atoms with E-state index < -0.39 is 8.32 Å². The second-order valence-corrected chi connectivity index (χ2v) is 11.6. The molecule has 0 saturated heterocycles. The molecule has 1 heterocycles. The van der Waals surface area contributed by atoms with E-state index >= 15 is 0 Å². The molecule has 0 saturated carbocycles. The van der Waals surface area contributed by atoms with Crippen molar-refractivity contribution in [2.45, 2.75) is 45.4 Å². The fourth-order valence-corrected chi connectivity index (χ4v) is 2.55. The number of hydrogen-bond acceptors (Lipinski definition) is 2. The maximum absolute atomic E-state index is 6.08. The Balaban J connectivity index is 2.41. The van der Waals surface area contributed by atoms with Gasteiger partial charge in [0.15, 0.2) is 8.32 Å². The zero-order chi connectivity index (χ0) is 12.4. The van der Waals surface area contributed by atoms with Crippen LogP contribution < -0.4 is 0 Å². The lowest BCUT2D eigenvalue weighted by molar-refractivity contribution is 0.266. The topological polar surface area (TPSA) is 27.1 Å². The average molecular weight is 352 g/mol. The van der Waals surface area contributed by atoms with Gasteiger partial charge in [0.25, 0.3) is 0 Å². The second-order valence-electron chi connectivity index (χ2n) is 5.53. The largest absolute Gasteiger partial charge is 0.415 e. The molecule has 0 bridgehead atoms. The fourth-order valence-electron chi connectivity index (χ4n) is 1.07. The van der Waals surface area contributed by atoms with Gasteiger partial charge in [0.1, 0.15) is 0 Å². The molecule has 0 N–H and O–H groups in total. The minimum absolute atomic E-state index is 0.283. The van der Waals surface area contributed by atoms with Gasteiger partial charge >= 0.3 is 0 Å². The van der Waals surface area contributed by atoms with Crippen molar-refractivity contribution in [2.24, 2.45) is 0 Å². The van der Waals surface area contributed by atoms with Crippen LogP contribution in [0.15, 0.2) is 12.4 Å². The first kappa shape index (κ1) is 14.2. The van der Waals surface area contributed by atoms with Crippen LogP contribution >= 0.6 is 22.6 Å². The Kier molecular flexibility index (Phi) is 4.59. The SMILES string of the molecule is CC(C)(C)[Si](C)(C)OCCn1cc(I)cn1. The molecule has 0 aliphatic rings. The van der Waals surface area contributed by atoms with Gasteiger partial charge in [-0.15, -0.1) is 0 Å². The van der Waals surface area contributed by atoms with Crippen LogP contribution in [-0.4, -0.2) is 24.7 Å². The van der Waals surface area contributed by atoms with Crippen molar-refractivity contribution < 1.29 is 4.43 Å². The minimum Gasteiger partial charge on any atom is -0.415 e. The van der Waals surface area contributed by atoms with Gasteiger partial charge in [0, 0.05) is 6.20 Å². The first-order chi connectivity index (χ1) is 7.22. The normalized spacial score (nSPS) is 13.1. The standard InChI is InChI=1S/C11H21IN2OSi/c1-11(2,3)16(4,5)15-7-6-14-9-10(12)8-13-14/h8-9H,6-7H2,1-5H3. The summed E-state index contributed by atoms with van der Waals surface area (Å²) in [5.74, 6) is 0. The summed E-state index contributed by atoms with van der Waals surface area (Å²) in [4.78, 5) is 0. The summed E-state index contributed by atoms with van der Waals surface area (Å²) in [6, 6.07) is 0. The minimum atomic E-state index is -1.59. The van der Waals surface area contributed by atoms with Crippen LogP contribution in [0, 0.1) is 3.57 Å². The summed E-state index contributed by atoms with van der Waals surface area (Å²) in [5.41, 5.74) is 0.